The largest absolute Gasteiger partial charge is 0.508 e. The van der Waals surface area contributed by atoms with E-state index in [-0.39, 0.29) is 5.75 Å². The Morgan fingerprint density at radius 3 is 2.68 bits per heavy atom. The quantitative estimate of drug-likeness (QED) is 0.754. The highest BCUT2D eigenvalue weighted by molar-refractivity contribution is 7.18. The monoisotopic (exact) mass is 313 g/mol. The molecule has 2 aromatic carbocycles. The fourth-order valence-corrected chi connectivity index (χ4v) is 2.83. The Hall–Kier alpha value is -2.60. The molecule has 1 aromatic heterocycles. The van der Waals surface area contributed by atoms with Crippen molar-refractivity contribution in [1.29, 1.82) is 0 Å². The second kappa shape index (κ2) is 6.44. The van der Waals surface area contributed by atoms with Crippen LogP contribution in [0.3, 0.4) is 0 Å². The van der Waals surface area contributed by atoms with E-state index >= 15 is 0 Å². The van der Waals surface area contributed by atoms with Gasteiger partial charge in [-0.1, -0.05) is 41.7 Å². The number of methoxy groups -OCH3 is 1. The highest BCUT2D eigenvalue weighted by atomic mass is 32.1. The van der Waals surface area contributed by atoms with E-state index in [0.29, 0.717) is 11.7 Å². The molecule has 0 fully saturated rings. The highest BCUT2D eigenvalue weighted by Gasteiger charge is 2.11. The number of ether oxygens (including phenoxy) is 1. The van der Waals surface area contributed by atoms with Gasteiger partial charge in [-0.2, -0.15) is 0 Å². The van der Waals surface area contributed by atoms with E-state index in [1.165, 1.54) is 11.3 Å². The first-order valence-electron chi connectivity index (χ1n) is 6.75. The van der Waals surface area contributed by atoms with E-state index in [9.17, 15) is 5.11 Å². The van der Waals surface area contributed by atoms with Gasteiger partial charge in [-0.15, -0.1) is 10.2 Å². The number of anilines is 1. The topological polar surface area (TPSA) is 67.3 Å². The van der Waals surface area contributed by atoms with Gasteiger partial charge in [-0.05, 0) is 18.2 Å². The molecule has 0 aliphatic heterocycles. The Morgan fingerprint density at radius 1 is 1.09 bits per heavy atom. The molecule has 0 saturated carbocycles. The Bertz CT molecular complexity index is 773. The maximum absolute atomic E-state index is 9.75. The van der Waals surface area contributed by atoms with Crippen LogP contribution in [0.25, 0.3) is 10.6 Å². The van der Waals surface area contributed by atoms with Gasteiger partial charge in [0.25, 0.3) is 0 Å². The van der Waals surface area contributed by atoms with Crippen LogP contribution >= 0.6 is 11.3 Å². The van der Waals surface area contributed by atoms with Crippen LogP contribution in [0.15, 0.2) is 48.5 Å². The third kappa shape index (κ3) is 3.01. The van der Waals surface area contributed by atoms with Crippen molar-refractivity contribution in [2.45, 2.75) is 6.54 Å². The van der Waals surface area contributed by atoms with Gasteiger partial charge < -0.3 is 15.2 Å². The summed E-state index contributed by atoms with van der Waals surface area (Å²) >= 11 is 1.45. The Labute approximate surface area is 132 Å². The highest BCUT2D eigenvalue weighted by Crippen LogP contribution is 2.33. The van der Waals surface area contributed by atoms with E-state index in [1.54, 1.807) is 19.2 Å². The average molecular weight is 313 g/mol. The Morgan fingerprint density at radius 2 is 1.86 bits per heavy atom. The van der Waals surface area contributed by atoms with Crippen molar-refractivity contribution in [3.8, 4) is 22.1 Å². The van der Waals surface area contributed by atoms with Crippen molar-refractivity contribution >= 4 is 16.5 Å². The van der Waals surface area contributed by atoms with Gasteiger partial charge in [0, 0.05) is 12.1 Å². The molecule has 0 atom stereocenters. The molecule has 0 aliphatic rings. The number of benzene rings is 2. The summed E-state index contributed by atoms with van der Waals surface area (Å²) in [6, 6.07) is 14.9. The molecule has 0 saturated heterocycles. The SMILES string of the molecule is COc1ccccc1-c1nnc(NCc2ccccc2O)s1. The van der Waals surface area contributed by atoms with Gasteiger partial charge in [0.1, 0.15) is 11.5 Å². The van der Waals surface area contributed by atoms with Crippen molar-refractivity contribution < 1.29 is 9.84 Å². The number of nitrogens with zero attached hydrogens (tertiary/aromatic N) is 2. The molecule has 0 bridgehead atoms. The molecule has 0 amide bonds. The van der Waals surface area contributed by atoms with Gasteiger partial charge >= 0.3 is 0 Å². The predicted molar refractivity (Wildman–Crippen MR) is 87.3 cm³/mol. The van der Waals surface area contributed by atoms with Gasteiger partial charge in [0.05, 0.1) is 12.7 Å². The number of rotatable bonds is 5. The smallest absolute Gasteiger partial charge is 0.206 e. The Balaban J connectivity index is 1.75. The molecule has 5 nitrogen and oxygen atoms in total. The van der Waals surface area contributed by atoms with E-state index in [2.05, 4.69) is 15.5 Å². The van der Waals surface area contributed by atoms with Crippen LogP contribution < -0.4 is 10.1 Å². The molecule has 0 unspecified atom stereocenters. The average Bonchev–Trinajstić information content (AvgIpc) is 3.03. The minimum Gasteiger partial charge on any atom is -0.508 e. The van der Waals surface area contributed by atoms with Crippen molar-refractivity contribution in [1.82, 2.24) is 10.2 Å². The van der Waals surface area contributed by atoms with Crippen LogP contribution in [0.2, 0.25) is 0 Å². The zero-order valence-corrected chi connectivity index (χ0v) is 12.8. The summed E-state index contributed by atoms with van der Waals surface area (Å²) in [6.45, 7) is 0.493. The van der Waals surface area contributed by atoms with E-state index in [4.69, 9.17) is 4.74 Å². The van der Waals surface area contributed by atoms with Crippen molar-refractivity contribution in [3.05, 3.63) is 54.1 Å². The molecule has 3 rings (SSSR count). The molecule has 112 valence electrons. The van der Waals surface area contributed by atoms with Crippen molar-refractivity contribution in [2.24, 2.45) is 0 Å². The van der Waals surface area contributed by atoms with Gasteiger partial charge in [-0.25, -0.2) is 0 Å². The summed E-state index contributed by atoms with van der Waals surface area (Å²) in [5, 5.41) is 22.7. The van der Waals surface area contributed by atoms with Crippen molar-refractivity contribution in [3.63, 3.8) is 0 Å². The maximum Gasteiger partial charge on any atom is 0.206 e. The van der Waals surface area contributed by atoms with Crippen LogP contribution in [0.5, 0.6) is 11.5 Å². The summed E-state index contributed by atoms with van der Waals surface area (Å²) in [6.07, 6.45) is 0. The number of hydrogen-bond acceptors (Lipinski definition) is 6. The Kier molecular flexibility index (Phi) is 4.20. The van der Waals surface area contributed by atoms with E-state index < -0.39 is 0 Å². The lowest BCUT2D eigenvalue weighted by Crippen LogP contribution is -1.98. The van der Waals surface area contributed by atoms with Crippen LogP contribution in [0.4, 0.5) is 5.13 Å². The summed E-state index contributed by atoms with van der Waals surface area (Å²) in [5.74, 6) is 1.04. The van der Waals surface area contributed by atoms with Crippen LogP contribution in [0, 0.1) is 0 Å². The number of nitrogens with one attached hydrogen (secondary N) is 1. The normalized spacial score (nSPS) is 10.4. The van der Waals surface area contributed by atoms with Gasteiger partial charge in [0.2, 0.25) is 5.13 Å². The second-order valence-electron chi connectivity index (χ2n) is 4.59. The third-order valence-corrected chi connectivity index (χ3v) is 4.10. The lowest BCUT2D eigenvalue weighted by atomic mass is 10.2. The lowest BCUT2D eigenvalue weighted by molar-refractivity contribution is 0.416. The summed E-state index contributed by atoms with van der Waals surface area (Å²) < 4.78 is 5.34. The minimum absolute atomic E-state index is 0.268. The number of hydrogen-bond donors (Lipinski definition) is 2. The molecule has 0 radical (unpaired) electrons. The zero-order chi connectivity index (χ0) is 15.4. The molecular formula is C16H15N3O2S. The molecule has 22 heavy (non-hydrogen) atoms. The molecule has 0 aliphatic carbocycles. The lowest BCUT2D eigenvalue weighted by Gasteiger charge is -2.05. The number of aromatic hydroxyl groups is 1. The van der Waals surface area contributed by atoms with E-state index in [0.717, 1.165) is 21.9 Å². The number of phenols is 1. The summed E-state index contributed by atoms with van der Waals surface area (Å²) in [7, 11) is 1.64. The molecular weight excluding hydrogens is 298 g/mol. The van der Waals surface area contributed by atoms with Gasteiger partial charge in [-0.3, -0.25) is 0 Å². The molecule has 3 aromatic rings. The first-order chi connectivity index (χ1) is 10.8. The first kappa shape index (κ1) is 14.3. The van der Waals surface area contributed by atoms with Gasteiger partial charge in [0.15, 0.2) is 5.01 Å². The fourth-order valence-electron chi connectivity index (χ4n) is 2.06. The predicted octanol–water partition coefficient (Wildman–Crippen LogP) is 3.53. The zero-order valence-electron chi connectivity index (χ0n) is 12.0. The van der Waals surface area contributed by atoms with Crippen LogP contribution in [-0.2, 0) is 6.54 Å². The minimum atomic E-state index is 0.268. The van der Waals surface area contributed by atoms with Crippen LogP contribution in [0.1, 0.15) is 5.56 Å². The van der Waals surface area contributed by atoms with E-state index in [1.807, 2.05) is 36.4 Å². The molecule has 2 N–H and O–H groups in total. The molecule has 0 spiro atoms. The third-order valence-electron chi connectivity index (χ3n) is 3.18. The second-order valence-corrected chi connectivity index (χ2v) is 5.57. The maximum atomic E-state index is 9.75. The van der Waals surface area contributed by atoms with Crippen molar-refractivity contribution in [2.75, 3.05) is 12.4 Å². The van der Waals surface area contributed by atoms with Crippen LogP contribution in [-0.4, -0.2) is 22.4 Å². The molecule has 6 heteroatoms. The fraction of sp³-hybridized carbons (Fsp3) is 0.125. The molecule has 1 heterocycles. The number of aromatic nitrogens is 2. The summed E-state index contributed by atoms with van der Waals surface area (Å²) in [4.78, 5) is 0. The standard InChI is InChI=1S/C16H15N3O2S/c1-21-14-9-5-3-7-12(14)15-18-19-16(22-15)17-10-11-6-2-4-8-13(11)20/h2-9,20H,10H2,1H3,(H,17,19). The number of phenolic OH excluding ortho intramolecular Hbond substituents is 1. The first-order valence-corrected chi connectivity index (χ1v) is 7.57. The number of para-hydroxylation sites is 2. The summed E-state index contributed by atoms with van der Waals surface area (Å²) in [5.41, 5.74) is 1.73.